The Labute approximate surface area is 111 Å². The van der Waals surface area contributed by atoms with Gasteiger partial charge in [-0.05, 0) is 18.2 Å². The lowest BCUT2D eigenvalue weighted by Gasteiger charge is -2.16. The van der Waals surface area contributed by atoms with Crippen LogP contribution in [0.15, 0.2) is 18.2 Å². The van der Waals surface area contributed by atoms with E-state index in [0.717, 1.165) is 0 Å². The van der Waals surface area contributed by atoms with Crippen molar-refractivity contribution in [1.29, 1.82) is 0 Å². The topological polar surface area (TPSA) is 66.4 Å². The predicted octanol–water partition coefficient (Wildman–Crippen LogP) is 2.39. The smallest absolute Gasteiger partial charge is 0.251 e. The van der Waals surface area contributed by atoms with Crippen LogP contribution in [0.2, 0.25) is 5.02 Å². The van der Waals surface area contributed by atoms with Crippen LogP contribution in [0.1, 0.15) is 31.1 Å². The summed E-state index contributed by atoms with van der Waals surface area (Å²) in [4.78, 5) is 23.4. The molecule has 4 nitrogen and oxygen atoms in total. The van der Waals surface area contributed by atoms with Gasteiger partial charge in [0.2, 0.25) is 0 Å². The first-order valence-corrected chi connectivity index (χ1v) is 5.89. The zero-order valence-corrected chi connectivity index (χ0v) is 11.3. The number of nitrogens with one attached hydrogen (secondary N) is 1. The van der Waals surface area contributed by atoms with Crippen LogP contribution in [0, 0.1) is 5.41 Å². The second-order valence-electron chi connectivity index (χ2n) is 5.02. The highest BCUT2D eigenvalue weighted by Crippen LogP contribution is 2.23. The molecule has 0 spiro atoms. The molecule has 0 aliphatic carbocycles. The third kappa shape index (κ3) is 3.74. The fraction of sp³-hybridized carbons (Fsp3) is 0.385. The number of amides is 1. The summed E-state index contributed by atoms with van der Waals surface area (Å²) in [6.07, 6.45) is 0. The Morgan fingerprint density at radius 1 is 1.33 bits per heavy atom. The molecule has 0 saturated carbocycles. The first kappa shape index (κ1) is 14.5. The number of rotatable bonds is 3. The van der Waals surface area contributed by atoms with Gasteiger partial charge in [0.15, 0.2) is 5.78 Å². The summed E-state index contributed by atoms with van der Waals surface area (Å²) >= 11 is 5.70. The molecule has 0 atom stereocenters. The summed E-state index contributed by atoms with van der Waals surface area (Å²) in [7, 11) is 0. The molecule has 2 N–H and O–H groups in total. The first-order chi connectivity index (χ1) is 8.21. The molecule has 1 amide bonds. The van der Waals surface area contributed by atoms with E-state index in [-0.39, 0.29) is 23.1 Å². The van der Waals surface area contributed by atoms with Gasteiger partial charge >= 0.3 is 0 Å². The third-order valence-electron chi connectivity index (χ3n) is 2.46. The second-order valence-corrected chi connectivity index (χ2v) is 5.43. The van der Waals surface area contributed by atoms with Gasteiger partial charge in [-0.3, -0.25) is 9.59 Å². The molecule has 0 saturated heterocycles. The molecule has 0 aliphatic rings. The van der Waals surface area contributed by atoms with Gasteiger partial charge in [-0.25, -0.2) is 0 Å². The fourth-order valence-electron chi connectivity index (χ4n) is 1.18. The van der Waals surface area contributed by atoms with Crippen LogP contribution in [-0.4, -0.2) is 23.3 Å². The molecule has 1 aromatic carbocycles. The highest BCUT2D eigenvalue weighted by Gasteiger charge is 2.21. The molecule has 18 heavy (non-hydrogen) atoms. The van der Waals surface area contributed by atoms with E-state index in [1.165, 1.54) is 18.2 Å². The van der Waals surface area contributed by atoms with Crippen molar-refractivity contribution < 1.29 is 14.7 Å². The van der Waals surface area contributed by atoms with Gasteiger partial charge in [0.25, 0.3) is 5.91 Å². The van der Waals surface area contributed by atoms with Crippen LogP contribution >= 0.6 is 11.6 Å². The Hall–Kier alpha value is -1.55. The molecule has 0 aliphatic heterocycles. The number of aromatic hydroxyl groups is 1. The largest absolute Gasteiger partial charge is 0.506 e. The minimum Gasteiger partial charge on any atom is -0.506 e. The van der Waals surface area contributed by atoms with E-state index in [0.29, 0.717) is 5.56 Å². The van der Waals surface area contributed by atoms with E-state index in [2.05, 4.69) is 5.32 Å². The molecular formula is C13H16ClNO3. The van der Waals surface area contributed by atoms with Gasteiger partial charge in [-0.1, -0.05) is 32.4 Å². The van der Waals surface area contributed by atoms with Crippen molar-refractivity contribution in [2.45, 2.75) is 20.8 Å². The van der Waals surface area contributed by atoms with Crippen molar-refractivity contribution in [3.05, 3.63) is 28.8 Å². The second kappa shape index (κ2) is 5.40. The van der Waals surface area contributed by atoms with Crippen LogP contribution in [0.4, 0.5) is 0 Å². The van der Waals surface area contributed by atoms with Crippen LogP contribution in [0.3, 0.4) is 0 Å². The normalized spacial score (nSPS) is 11.1. The molecule has 5 heteroatoms. The number of hydrogen-bond donors (Lipinski definition) is 2. The highest BCUT2D eigenvalue weighted by molar-refractivity contribution is 6.32. The van der Waals surface area contributed by atoms with Crippen LogP contribution in [0.5, 0.6) is 5.75 Å². The standard InChI is InChI=1S/C13H16ClNO3/c1-13(2,3)11(17)7-15-12(18)8-4-5-10(16)9(14)6-8/h4-6,16H,7H2,1-3H3,(H,15,18). The average molecular weight is 270 g/mol. The molecule has 0 unspecified atom stereocenters. The van der Waals surface area contributed by atoms with Crippen LogP contribution in [0.25, 0.3) is 0 Å². The average Bonchev–Trinajstić information content (AvgIpc) is 2.27. The van der Waals surface area contributed by atoms with Crippen molar-refractivity contribution in [2.24, 2.45) is 5.41 Å². The summed E-state index contributed by atoms with van der Waals surface area (Å²) in [5.74, 6) is -0.533. The number of carbonyl (C=O) groups excluding carboxylic acids is 2. The minimum atomic E-state index is -0.486. The molecular weight excluding hydrogens is 254 g/mol. The van der Waals surface area contributed by atoms with Gasteiger partial charge in [-0.15, -0.1) is 0 Å². The molecule has 1 rings (SSSR count). The van der Waals surface area contributed by atoms with E-state index in [4.69, 9.17) is 11.6 Å². The number of carbonyl (C=O) groups is 2. The minimum absolute atomic E-state index is 0.0270. The van der Waals surface area contributed by atoms with E-state index < -0.39 is 11.3 Å². The molecule has 1 aromatic rings. The van der Waals surface area contributed by atoms with Crippen molar-refractivity contribution in [1.82, 2.24) is 5.32 Å². The number of halogens is 1. The van der Waals surface area contributed by atoms with Gasteiger partial charge < -0.3 is 10.4 Å². The number of ketones is 1. The van der Waals surface area contributed by atoms with Crippen molar-refractivity contribution >= 4 is 23.3 Å². The Bertz CT molecular complexity index is 478. The lowest BCUT2D eigenvalue weighted by molar-refractivity contribution is -0.125. The van der Waals surface area contributed by atoms with Gasteiger partial charge in [0.1, 0.15) is 5.75 Å². The fourth-order valence-corrected chi connectivity index (χ4v) is 1.36. The zero-order chi connectivity index (χ0) is 13.9. The Morgan fingerprint density at radius 3 is 2.44 bits per heavy atom. The quantitative estimate of drug-likeness (QED) is 0.885. The molecule has 0 bridgehead atoms. The number of benzene rings is 1. The van der Waals surface area contributed by atoms with Crippen LogP contribution < -0.4 is 5.32 Å². The summed E-state index contributed by atoms with van der Waals surface area (Å²) in [6, 6.07) is 4.13. The monoisotopic (exact) mass is 269 g/mol. The number of phenols is 1. The Kier molecular flexibility index (Phi) is 4.35. The highest BCUT2D eigenvalue weighted by atomic mass is 35.5. The molecule has 98 valence electrons. The number of hydrogen-bond acceptors (Lipinski definition) is 3. The van der Waals surface area contributed by atoms with Crippen molar-refractivity contribution in [3.8, 4) is 5.75 Å². The summed E-state index contributed by atoms with van der Waals surface area (Å²) in [5, 5.41) is 11.9. The summed E-state index contributed by atoms with van der Waals surface area (Å²) in [5.41, 5.74) is -0.181. The lowest BCUT2D eigenvalue weighted by atomic mass is 9.91. The van der Waals surface area contributed by atoms with E-state index in [9.17, 15) is 14.7 Å². The zero-order valence-electron chi connectivity index (χ0n) is 10.6. The van der Waals surface area contributed by atoms with Gasteiger partial charge in [-0.2, -0.15) is 0 Å². The van der Waals surface area contributed by atoms with Crippen molar-refractivity contribution in [2.75, 3.05) is 6.54 Å². The van der Waals surface area contributed by atoms with Gasteiger partial charge in [0, 0.05) is 11.0 Å². The van der Waals surface area contributed by atoms with E-state index >= 15 is 0 Å². The van der Waals surface area contributed by atoms with Crippen LogP contribution in [-0.2, 0) is 4.79 Å². The number of phenolic OH excluding ortho intramolecular Hbond substituents is 1. The van der Waals surface area contributed by atoms with E-state index in [1.54, 1.807) is 20.8 Å². The van der Waals surface area contributed by atoms with E-state index in [1.807, 2.05) is 0 Å². The SMILES string of the molecule is CC(C)(C)C(=O)CNC(=O)c1ccc(O)c(Cl)c1. The summed E-state index contributed by atoms with van der Waals surface area (Å²) < 4.78 is 0. The molecule has 0 fully saturated rings. The lowest BCUT2D eigenvalue weighted by Crippen LogP contribution is -2.35. The maximum absolute atomic E-state index is 11.7. The Balaban J connectivity index is 2.66. The third-order valence-corrected chi connectivity index (χ3v) is 2.76. The Morgan fingerprint density at radius 2 is 1.94 bits per heavy atom. The maximum Gasteiger partial charge on any atom is 0.251 e. The first-order valence-electron chi connectivity index (χ1n) is 5.52. The molecule has 0 radical (unpaired) electrons. The predicted molar refractivity (Wildman–Crippen MR) is 69.9 cm³/mol. The molecule has 0 aromatic heterocycles. The van der Waals surface area contributed by atoms with Crippen molar-refractivity contribution in [3.63, 3.8) is 0 Å². The number of Topliss-reactive ketones (excluding diaryl/α,β-unsaturated/α-hetero) is 1. The maximum atomic E-state index is 11.7. The summed E-state index contributed by atoms with van der Waals surface area (Å²) in [6.45, 7) is 5.34. The molecule has 0 heterocycles. The van der Waals surface area contributed by atoms with Gasteiger partial charge in [0.05, 0.1) is 11.6 Å².